The van der Waals surface area contributed by atoms with Crippen molar-refractivity contribution in [3.8, 4) is 0 Å². The predicted octanol–water partition coefficient (Wildman–Crippen LogP) is 5.76. The second-order valence-corrected chi connectivity index (χ2v) is 10.7. The number of benzene rings is 1. The quantitative estimate of drug-likeness (QED) is 0.476. The average Bonchev–Trinajstić information content (AvgIpc) is 3.21. The van der Waals surface area contributed by atoms with Gasteiger partial charge in [0, 0.05) is 41.3 Å². The van der Waals surface area contributed by atoms with Crippen LogP contribution >= 0.6 is 0 Å². The Morgan fingerprint density at radius 3 is 1.94 bits per heavy atom. The number of nitrogens with zero attached hydrogens (tertiary/aromatic N) is 2. The molecule has 0 spiro atoms. The Kier molecular flexibility index (Phi) is 6.86. The Balaban J connectivity index is 1.40. The monoisotopic (exact) mass is 449 g/mol. The summed E-state index contributed by atoms with van der Waals surface area (Å²) in [5.41, 5.74) is 6.87. The minimum Gasteiger partial charge on any atom is -0.363 e. The Hall–Kier alpha value is -2.14. The highest BCUT2D eigenvalue weighted by atomic mass is 16.2. The van der Waals surface area contributed by atoms with Crippen LogP contribution < -0.4 is 5.73 Å². The van der Waals surface area contributed by atoms with E-state index < -0.39 is 11.7 Å². The first-order valence-corrected chi connectivity index (χ1v) is 13.3. The van der Waals surface area contributed by atoms with Gasteiger partial charge < -0.3 is 10.3 Å². The number of ketones is 1. The first-order chi connectivity index (χ1) is 16.1. The Bertz CT molecular complexity index is 972. The lowest BCUT2D eigenvalue weighted by Crippen LogP contribution is -2.56. The van der Waals surface area contributed by atoms with Crippen LogP contribution in [0.4, 0.5) is 0 Å². The summed E-state index contributed by atoms with van der Waals surface area (Å²) in [4.78, 5) is 27.1. The van der Waals surface area contributed by atoms with E-state index in [9.17, 15) is 9.59 Å². The molecule has 5 heteroatoms. The summed E-state index contributed by atoms with van der Waals surface area (Å²) in [6, 6.07) is 10.4. The van der Waals surface area contributed by atoms with Crippen molar-refractivity contribution >= 4 is 22.6 Å². The van der Waals surface area contributed by atoms with Crippen molar-refractivity contribution in [3.05, 3.63) is 36.0 Å². The molecule has 2 atom stereocenters. The molecule has 1 saturated carbocycles. The van der Waals surface area contributed by atoms with Crippen LogP contribution in [0, 0.1) is 0 Å². The van der Waals surface area contributed by atoms with Crippen LogP contribution in [0.5, 0.6) is 0 Å². The number of primary amides is 1. The summed E-state index contributed by atoms with van der Waals surface area (Å²) in [5, 5.41) is 0.848. The number of nitrogens with two attached hydrogens (primary N) is 1. The second-order valence-electron chi connectivity index (χ2n) is 10.7. The van der Waals surface area contributed by atoms with E-state index in [1.807, 2.05) is 24.4 Å². The van der Waals surface area contributed by atoms with E-state index in [1.54, 1.807) is 0 Å². The molecule has 2 aromatic rings. The van der Waals surface area contributed by atoms with Crippen molar-refractivity contribution in [1.29, 1.82) is 0 Å². The topological polar surface area (TPSA) is 68.3 Å². The number of aromatic nitrogens is 1. The van der Waals surface area contributed by atoms with Gasteiger partial charge in [0.25, 0.3) is 11.7 Å². The molecule has 2 N–H and O–H groups in total. The normalized spacial score (nSPS) is 27.9. The Morgan fingerprint density at radius 2 is 1.30 bits per heavy atom. The molecular formula is C28H39N3O2. The summed E-state index contributed by atoms with van der Waals surface area (Å²) in [6.45, 7) is 0. The molecule has 3 heterocycles. The fourth-order valence-electron chi connectivity index (χ4n) is 7.12. The largest absolute Gasteiger partial charge is 0.363 e. The first-order valence-electron chi connectivity index (χ1n) is 13.3. The molecule has 178 valence electrons. The van der Waals surface area contributed by atoms with Crippen LogP contribution in [0.1, 0.15) is 106 Å². The van der Waals surface area contributed by atoms with Crippen molar-refractivity contribution in [2.75, 3.05) is 0 Å². The van der Waals surface area contributed by atoms with E-state index in [1.165, 1.54) is 77.0 Å². The summed E-state index contributed by atoms with van der Waals surface area (Å²) in [6.07, 6.45) is 20.6. The standard InChI is InChI=1S/C28H39N3O2/c29-28(33)27(32)25-19-30(26-16-9-8-15-24(25)26)23-17-21-13-10-14-22(18-23)31(21)20-11-6-4-2-1-3-5-7-12-20/h8-9,15-16,19-23H,1-7,10-14,17-18H2,(H2,29,33). The Morgan fingerprint density at radius 1 is 0.727 bits per heavy atom. The Labute approximate surface area is 197 Å². The number of piperidine rings is 2. The molecule has 5 rings (SSSR count). The molecule has 1 aliphatic carbocycles. The fraction of sp³-hybridized carbons (Fsp3) is 0.643. The second kappa shape index (κ2) is 10.0. The number of fused-ring (bicyclic) bond motifs is 3. The molecule has 2 saturated heterocycles. The summed E-state index contributed by atoms with van der Waals surface area (Å²) >= 11 is 0. The van der Waals surface area contributed by atoms with Gasteiger partial charge in [-0.2, -0.15) is 0 Å². The number of hydrogen-bond acceptors (Lipinski definition) is 3. The summed E-state index contributed by atoms with van der Waals surface area (Å²) in [7, 11) is 0. The number of rotatable bonds is 4. The highest BCUT2D eigenvalue weighted by Gasteiger charge is 2.42. The SMILES string of the molecule is NC(=O)C(=O)c1cn(C2CC3CCCC(C2)N3C2CCCCCCCCC2)c2ccccc12. The van der Waals surface area contributed by atoms with Crippen molar-refractivity contribution < 1.29 is 9.59 Å². The van der Waals surface area contributed by atoms with E-state index in [0.717, 1.165) is 29.8 Å². The van der Waals surface area contributed by atoms with Gasteiger partial charge in [0.1, 0.15) is 0 Å². The zero-order valence-corrected chi connectivity index (χ0v) is 19.9. The molecule has 3 aliphatic rings. The molecule has 2 aliphatic heterocycles. The van der Waals surface area contributed by atoms with E-state index in [-0.39, 0.29) is 0 Å². The lowest BCUT2D eigenvalue weighted by molar-refractivity contribution is -0.114. The minimum atomic E-state index is -0.874. The molecule has 1 aromatic heterocycles. The average molecular weight is 450 g/mol. The maximum Gasteiger partial charge on any atom is 0.289 e. The van der Waals surface area contributed by atoms with Crippen LogP contribution in [0.2, 0.25) is 0 Å². The van der Waals surface area contributed by atoms with Crippen molar-refractivity contribution in [2.45, 2.75) is 114 Å². The number of amides is 1. The molecule has 1 aromatic carbocycles. The molecule has 1 amide bonds. The number of Topliss-reactive ketones (excluding diaryl/α,β-unsaturated/α-hetero) is 1. The van der Waals surface area contributed by atoms with Gasteiger partial charge in [-0.25, -0.2) is 0 Å². The zero-order chi connectivity index (χ0) is 22.8. The summed E-state index contributed by atoms with van der Waals surface area (Å²) in [5.74, 6) is -1.45. The molecule has 3 fully saturated rings. The van der Waals surface area contributed by atoms with Crippen molar-refractivity contribution in [1.82, 2.24) is 9.47 Å². The van der Waals surface area contributed by atoms with Crippen LogP contribution in [0.3, 0.4) is 0 Å². The molecule has 5 nitrogen and oxygen atoms in total. The van der Waals surface area contributed by atoms with Crippen LogP contribution in [-0.2, 0) is 4.79 Å². The lowest BCUT2D eigenvalue weighted by Gasteiger charge is -2.53. The highest BCUT2D eigenvalue weighted by molar-refractivity contribution is 6.44. The van der Waals surface area contributed by atoms with Gasteiger partial charge in [0.15, 0.2) is 0 Å². The van der Waals surface area contributed by atoms with Crippen LogP contribution in [0.25, 0.3) is 10.9 Å². The molecular weight excluding hydrogens is 410 g/mol. The number of carbonyl (C=O) groups excluding carboxylic acids is 2. The van der Waals surface area contributed by atoms with Crippen LogP contribution in [0.15, 0.2) is 30.5 Å². The zero-order valence-electron chi connectivity index (χ0n) is 19.9. The fourth-order valence-corrected chi connectivity index (χ4v) is 7.12. The number of para-hydroxylation sites is 1. The van der Waals surface area contributed by atoms with Gasteiger partial charge in [-0.05, 0) is 44.6 Å². The third-order valence-corrected chi connectivity index (χ3v) is 8.60. The molecule has 2 bridgehead atoms. The lowest BCUT2D eigenvalue weighted by atomic mass is 9.79. The van der Waals surface area contributed by atoms with Gasteiger partial charge in [-0.15, -0.1) is 0 Å². The van der Waals surface area contributed by atoms with Gasteiger partial charge in [0.2, 0.25) is 0 Å². The maximum atomic E-state index is 12.5. The van der Waals surface area contributed by atoms with Gasteiger partial charge in [0.05, 0.1) is 5.56 Å². The third kappa shape index (κ3) is 4.62. The smallest absolute Gasteiger partial charge is 0.289 e. The van der Waals surface area contributed by atoms with Crippen LogP contribution in [-0.4, -0.2) is 39.3 Å². The van der Waals surface area contributed by atoms with E-state index >= 15 is 0 Å². The van der Waals surface area contributed by atoms with Gasteiger partial charge in [-0.1, -0.05) is 69.6 Å². The highest BCUT2D eigenvalue weighted by Crippen LogP contribution is 2.43. The first kappa shape index (κ1) is 22.6. The van der Waals surface area contributed by atoms with Gasteiger partial charge >= 0.3 is 0 Å². The third-order valence-electron chi connectivity index (χ3n) is 8.60. The maximum absolute atomic E-state index is 12.5. The summed E-state index contributed by atoms with van der Waals surface area (Å²) < 4.78 is 2.29. The minimum absolute atomic E-state index is 0.371. The van der Waals surface area contributed by atoms with Crippen molar-refractivity contribution in [2.24, 2.45) is 5.73 Å². The molecule has 2 unspecified atom stereocenters. The van der Waals surface area contributed by atoms with Crippen molar-refractivity contribution in [3.63, 3.8) is 0 Å². The van der Waals surface area contributed by atoms with E-state index in [0.29, 0.717) is 23.7 Å². The predicted molar refractivity (Wildman–Crippen MR) is 132 cm³/mol. The van der Waals surface area contributed by atoms with E-state index in [2.05, 4.69) is 15.5 Å². The molecule has 33 heavy (non-hydrogen) atoms. The number of carbonyl (C=O) groups is 2. The van der Waals surface area contributed by atoms with E-state index in [4.69, 9.17) is 5.73 Å². The van der Waals surface area contributed by atoms with Gasteiger partial charge in [-0.3, -0.25) is 14.5 Å². The number of hydrogen-bond donors (Lipinski definition) is 1. The molecule has 0 radical (unpaired) electrons.